The summed E-state index contributed by atoms with van der Waals surface area (Å²) in [6.45, 7) is 10.00. The van der Waals surface area contributed by atoms with E-state index >= 15 is 0 Å². The van der Waals surface area contributed by atoms with Crippen molar-refractivity contribution in [2.45, 2.75) is 98.6 Å². The molecule has 206 valence electrons. The third-order valence-electron chi connectivity index (χ3n) is 7.24. The van der Waals surface area contributed by atoms with E-state index in [-0.39, 0.29) is 18.1 Å². The predicted octanol–water partition coefficient (Wildman–Crippen LogP) is 5.98. The molecule has 2 heterocycles. The van der Waals surface area contributed by atoms with E-state index in [0.29, 0.717) is 23.5 Å². The molecular weight excluding hydrogens is 493 g/mol. The van der Waals surface area contributed by atoms with E-state index in [0.717, 1.165) is 24.0 Å². The third-order valence-corrected chi connectivity index (χ3v) is 8.07. The van der Waals surface area contributed by atoms with E-state index in [1.165, 1.54) is 11.3 Å². The second-order valence-electron chi connectivity index (χ2n) is 10.8. The number of cyclic esters (lactones) is 1. The zero-order valence-electron chi connectivity index (χ0n) is 22.9. The van der Waals surface area contributed by atoms with E-state index in [1.54, 1.807) is 32.2 Å². The van der Waals surface area contributed by atoms with Gasteiger partial charge in [-0.15, -0.1) is 11.3 Å². The van der Waals surface area contributed by atoms with E-state index in [9.17, 15) is 24.2 Å². The molecule has 1 aromatic heterocycles. The molecule has 1 aliphatic rings. The van der Waals surface area contributed by atoms with Gasteiger partial charge in [0.15, 0.2) is 0 Å². The number of carbonyl (C=O) groups excluding carboxylic acids is 2. The lowest BCUT2D eigenvalue weighted by atomic mass is 9.73. The second kappa shape index (κ2) is 14.1. The maximum atomic E-state index is 13.2. The highest BCUT2D eigenvalue weighted by Gasteiger charge is 2.42. The molecular formula is C29H42FNO5S. The maximum absolute atomic E-state index is 13.2. The van der Waals surface area contributed by atoms with Crippen LogP contribution in [0.1, 0.15) is 84.3 Å². The lowest BCUT2D eigenvalue weighted by Gasteiger charge is -2.34. The molecule has 0 amide bonds. The van der Waals surface area contributed by atoms with Gasteiger partial charge in [0.2, 0.25) is 0 Å². The number of hydrogen-bond acceptors (Lipinski definition) is 7. The molecule has 1 aromatic rings. The minimum atomic E-state index is -1.27. The number of Topliss-reactive ketones (excluding diaryl/α,β-unsaturated/α-hetero) is 1. The normalized spacial score (nSPS) is 29.3. The Morgan fingerprint density at radius 1 is 1.24 bits per heavy atom. The number of alkyl halides is 1. The first-order valence-corrected chi connectivity index (χ1v) is 13.8. The molecule has 2 N–H and O–H groups in total. The Kier molecular flexibility index (Phi) is 11.9. The number of ketones is 1. The molecule has 0 fully saturated rings. The van der Waals surface area contributed by atoms with Crippen molar-refractivity contribution >= 4 is 29.2 Å². The Morgan fingerprint density at radius 3 is 2.59 bits per heavy atom. The van der Waals surface area contributed by atoms with Gasteiger partial charge in [0, 0.05) is 17.7 Å². The van der Waals surface area contributed by atoms with E-state index in [4.69, 9.17) is 4.74 Å². The summed E-state index contributed by atoms with van der Waals surface area (Å²) < 4.78 is 18.7. The monoisotopic (exact) mass is 535 g/mol. The lowest BCUT2D eigenvalue weighted by molar-refractivity contribution is -0.154. The highest BCUT2D eigenvalue weighted by Crippen LogP contribution is 2.32. The van der Waals surface area contributed by atoms with Crippen molar-refractivity contribution in [2.75, 3.05) is 0 Å². The zero-order valence-corrected chi connectivity index (χ0v) is 23.7. The fraction of sp³-hybridized carbons (Fsp3) is 0.621. The van der Waals surface area contributed by atoms with Crippen LogP contribution < -0.4 is 0 Å². The molecule has 8 heteroatoms. The van der Waals surface area contributed by atoms with Crippen LogP contribution in [0.25, 0.3) is 6.08 Å². The van der Waals surface area contributed by atoms with Gasteiger partial charge in [0.05, 0.1) is 29.7 Å². The summed E-state index contributed by atoms with van der Waals surface area (Å²) in [7, 11) is 0. The maximum Gasteiger partial charge on any atom is 0.309 e. The van der Waals surface area contributed by atoms with Gasteiger partial charge in [-0.1, -0.05) is 51.5 Å². The highest BCUT2D eigenvalue weighted by molar-refractivity contribution is 7.09. The molecule has 0 aliphatic carbocycles. The van der Waals surface area contributed by atoms with Crippen LogP contribution in [-0.2, 0) is 21.0 Å². The standard InChI is InChI=1S/C29H42FNO5S/c1-18-10-8-7-9-11-19(2)27(34)21(4)28(35)29(5,6)24(32)15-26(33)36-23(13-12-18)20(3)14-22-17-37-25(16-30)31-22/h7,9,12,14,17,19,21,23-24,27,32,34H,8,10-11,13,15-16H2,1-6H3/t19-,21+,23-,24-,27-/m0/s1. The number of nitrogens with zero attached hydrogens (tertiary/aromatic N) is 1. The summed E-state index contributed by atoms with van der Waals surface area (Å²) in [4.78, 5) is 30.4. The molecule has 0 unspecified atom stereocenters. The predicted molar refractivity (Wildman–Crippen MR) is 146 cm³/mol. The first-order valence-electron chi connectivity index (χ1n) is 13.0. The number of esters is 1. The fourth-order valence-corrected chi connectivity index (χ4v) is 5.01. The molecule has 0 spiro atoms. The average molecular weight is 536 g/mol. The molecule has 5 atom stereocenters. The highest BCUT2D eigenvalue weighted by atomic mass is 32.1. The van der Waals surface area contributed by atoms with E-state index in [2.05, 4.69) is 11.1 Å². The van der Waals surface area contributed by atoms with Crippen molar-refractivity contribution in [3.05, 3.63) is 45.5 Å². The Balaban J connectivity index is 2.33. The summed E-state index contributed by atoms with van der Waals surface area (Å²) in [5, 5.41) is 23.8. The van der Waals surface area contributed by atoms with Crippen LogP contribution in [0.15, 0.2) is 34.8 Å². The molecule has 0 bridgehead atoms. The van der Waals surface area contributed by atoms with Crippen molar-refractivity contribution in [3.8, 4) is 0 Å². The number of halogens is 1. The molecule has 37 heavy (non-hydrogen) atoms. The number of thiazole rings is 1. The minimum Gasteiger partial charge on any atom is -0.457 e. The van der Waals surface area contributed by atoms with Gasteiger partial charge in [-0.3, -0.25) is 9.59 Å². The largest absolute Gasteiger partial charge is 0.457 e. The van der Waals surface area contributed by atoms with Crippen LogP contribution in [0.2, 0.25) is 0 Å². The van der Waals surface area contributed by atoms with Crippen LogP contribution in [0.4, 0.5) is 4.39 Å². The zero-order chi connectivity index (χ0) is 27.8. The molecule has 0 saturated heterocycles. The first-order chi connectivity index (χ1) is 17.4. The van der Waals surface area contributed by atoms with Crippen LogP contribution >= 0.6 is 11.3 Å². The lowest BCUT2D eigenvalue weighted by Crippen LogP contribution is -2.45. The number of aromatic nitrogens is 1. The van der Waals surface area contributed by atoms with E-state index < -0.39 is 42.3 Å². The number of hydrogen-bond donors (Lipinski definition) is 2. The number of aliphatic hydroxyl groups excluding tert-OH is 2. The molecule has 0 radical (unpaired) electrons. The molecule has 6 nitrogen and oxygen atoms in total. The molecule has 0 saturated carbocycles. The van der Waals surface area contributed by atoms with Crippen LogP contribution in [0, 0.1) is 17.3 Å². The summed E-state index contributed by atoms with van der Waals surface area (Å²) in [5.41, 5.74) is 1.25. The SMILES string of the molecule is CC1=CC[C@@H](C(C)=Cc2csc(CF)n2)OC(=O)C[C@H](O)C(C)(C)C(=O)[C@H](C)[C@@H](O)[C@@H](C)CC=CCC1. The van der Waals surface area contributed by atoms with Crippen molar-refractivity contribution in [2.24, 2.45) is 17.3 Å². The van der Waals surface area contributed by atoms with Gasteiger partial charge in [-0.2, -0.15) is 0 Å². The van der Waals surface area contributed by atoms with Gasteiger partial charge in [0.1, 0.15) is 23.6 Å². The second-order valence-corrected chi connectivity index (χ2v) is 11.7. The topological polar surface area (TPSA) is 96.7 Å². The van der Waals surface area contributed by atoms with Gasteiger partial charge >= 0.3 is 5.97 Å². The summed E-state index contributed by atoms with van der Waals surface area (Å²) in [6, 6.07) is 0. The Morgan fingerprint density at radius 2 is 1.95 bits per heavy atom. The van der Waals surface area contributed by atoms with Crippen molar-refractivity contribution < 1.29 is 28.9 Å². The van der Waals surface area contributed by atoms with Crippen molar-refractivity contribution in [1.29, 1.82) is 0 Å². The van der Waals surface area contributed by atoms with Crippen LogP contribution in [-0.4, -0.2) is 45.3 Å². The Bertz CT molecular complexity index is 1010. The quantitative estimate of drug-likeness (QED) is 0.365. The first kappa shape index (κ1) is 31.1. The summed E-state index contributed by atoms with van der Waals surface area (Å²) in [5.74, 6) is -1.74. The number of ether oxygens (including phenoxy) is 1. The van der Waals surface area contributed by atoms with E-state index in [1.807, 2.05) is 32.9 Å². The molecule has 1 aliphatic heterocycles. The Hall–Kier alpha value is -2.16. The van der Waals surface area contributed by atoms with Crippen LogP contribution in [0.5, 0.6) is 0 Å². The number of carbonyl (C=O) groups is 2. The fourth-order valence-electron chi connectivity index (χ4n) is 4.41. The molecule has 0 aromatic carbocycles. The average Bonchev–Trinajstić information content (AvgIpc) is 3.31. The van der Waals surface area contributed by atoms with Gasteiger partial charge < -0.3 is 14.9 Å². The van der Waals surface area contributed by atoms with Crippen molar-refractivity contribution in [1.82, 2.24) is 4.98 Å². The Labute approximate surface area is 224 Å². The van der Waals surface area contributed by atoms with Gasteiger partial charge in [0.25, 0.3) is 0 Å². The van der Waals surface area contributed by atoms with Crippen LogP contribution in [0.3, 0.4) is 0 Å². The smallest absolute Gasteiger partial charge is 0.309 e. The minimum absolute atomic E-state index is 0.127. The van der Waals surface area contributed by atoms with Crippen molar-refractivity contribution in [3.63, 3.8) is 0 Å². The van der Waals surface area contributed by atoms with Gasteiger partial charge in [-0.25, -0.2) is 9.37 Å². The van der Waals surface area contributed by atoms with Gasteiger partial charge in [-0.05, 0) is 50.7 Å². The number of aliphatic hydroxyl groups is 2. The summed E-state index contributed by atoms with van der Waals surface area (Å²) in [6.07, 6.45) is 7.61. The number of rotatable bonds is 3. The molecule has 2 rings (SSSR count). The third kappa shape index (κ3) is 8.97. The summed E-state index contributed by atoms with van der Waals surface area (Å²) >= 11 is 1.23. The number of allylic oxidation sites excluding steroid dienone is 3.